The van der Waals surface area contributed by atoms with Crippen molar-refractivity contribution in [2.24, 2.45) is 0 Å². The molecule has 7 nitrogen and oxygen atoms in total. The van der Waals surface area contributed by atoms with Gasteiger partial charge in [-0.05, 0) is 46.3 Å². The first-order valence-electron chi connectivity index (χ1n) is 6.94. The van der Waals surface area contributed by atoms with Gasteiger partial charge in [0.05, 0.1) is 0 Å². The molecule has 1 N–H and O–H groups in total. The number of rotatable bonds is 7. The van der Waals surface area contributed by atoms with Crippen LogP contribution >= 0.6 is 11.8 Å². The summed E-state index contributed by atoms with van der Waals surface area (Å²) < 4.78 is 29.6. The summed E-state index contributed by atoms with van der Waals surface area (Å²) in [6.45, 7) is 1.14. The number of nitrogens with one attached hydrogen (secondary N) is 1. The van der Waals surface area contributed by atoms with E-state index < -0.39 is 29.0 Å². The molecule has 25 heavy (non-hydrogen) atoms. The number of pyridine rings is 1. The minimum absolute atomic E-state index is 0.116. The van der Waals surface area contributed by atoms with Gasteiger partial charge in [-0.15, -0.1) is 0 Å². The van der Waals surface area contributed by atoms with E-state index in [0.717, 1.165) is 0 Å². The SMILES string of the molecule is Cc1ccc(OCC(=O)Nc2ccc(SC(F)F)cc2)c([N+](=O)[O-])n1. The average molecular weight is 369 g/mol. The fraction of sp³-hybridized carbons (Fsp3) is 0.200. The van der Waals surface area contributed by atoms with E-state index in [-0.39, 0.29) is 5.75 Å². The highest BCUT2D eigenvalue weighted by Gasteiger charge is 2.18. The molecule has 0 fully saturated rings. The van der Waals surface area contributed by atoms with E-state index in [1.165, 1.54) is 36.4 Å². The Bertz CT molecular complexity index is 772. The summed E-state index contributed by atoms with van der Waals surface area (Å²) in [5.74, 6) is -3.66. The van der Waals surface area contributed by atoms with Gasteiger partial charge in [0.25, 0.3) is 11.7 Å². The van der Waals surface area contributed by atoms with Gasteiger partial charge >= 0.3 is 5.82 Å². The summed E-state index contributed by atoms with van der Waals surface area (Å²) >= 11 is 0.397. The number of aromatic nitrogens is 1. The van der Waals surface area contributed by atoms with E-state index in [1.807, 2.05) is 0 Å². The standard InChI is InChI=1S/C15H13F2N3O4S/c1-9-2-7-12(14(18-9)20(22)23)24-8-13(21)19-10-3-5-11(6-4-10)25-15(16)17/h2-7,15H,8H2,1H3,(H,19,21). The van der Waals surface area contributed by atoms with Crippen LogP contribution in [0.25, 0.3) is 0 Å². The molecule has 0 unspecified atom stereocenters. The van der Waals surface area contributed by atoms with Crippen molar-refractivity contribution < 1.29 is 23.2 Å². The summed E-state index contributed by atoms with van der Waals surface area (Å²) in [6, 6.07) is 8.73. The zero-order valence-corrected chi connectivity index (χ0v) is 13.8. The zero-order chi connectivity index (χ0) is 18.4. The average Bonchev–Trinajstić information content (AvgIpc) is 2.55. The van der Waals surface area contributed by atoms with E-state index in [2.05, 4.69) is 10.3 Å². The minimum Gasteiger partial charge on any atom is -0.476 e. The number of ether oxygens (including phenoxy) is 1. The molecular formula is C15H13F2N3O4S. The van der Waals surface area contributed by atoms with Crippen molar-refractivity contribution in [3.63, 3.8) is 0 Å². The Morgan fingerprint density at radius 1 is 1.32 bits per heavy atom. The second-order valence-corrected chi connectivity index (χ2v) is 5.83. The van der Waals surface area contributed by atoms with E-state index in [9.17, 15) is 23.7 Å². The highest BCUT2D eigenvalue weighted by molar-refractivity contribution is 7.99. The maximum absolute atomic E-state index is 12.2. The third-order valence-corrected chi connectivity index (χ3v) is 3.60. The predicted octanol–water partition coefficient (Wildman–Crippen LogP) is 3.63. The topological polar surface area (TPSA) is 94.4 Å². The van der Waals surface area contributed by atoms with Gasteiger partial charge in [-0.2, -0.15) is 8.78 Å². The van der Waals surface area contributed by atoms with Crippen LogP contribution in [0.4, 0.5) is 20.3 Å². The molecule has 0 aliphatic rings. The molecule has 1 heterocycles. The number of nitrogens with zero attached hydrogens (tertiary/aromatic N) is 2. The number of alkyl halides is 2. The third-order valence-electron chi connectivity index (χ3n) is 2.87. The molecule has 1 aromatic heterocycles. The molecule has 0 aliphatic carbocycles. The Labute approximate surface area is 145 Å². The summed E-state index contributed by atoms with van der Waals surface area (Å²) in [5, 5.41) is 13.4. The van der Waals surface area contributed by atoms with Gasteiger partial charge in [-0.1, -0.05) is 11.8 Å². The highest BCUT2D eigenvalue weighted by Crippen LogP contribution is 2.26. The van der Waals surface area contributed by atoms with Crippen molar-refractivity contribution in [2.45, 2.75) is 17.6 Å². The third kappa shape index (κ3) is 5.68. The summed E-state index contributed by atoms with van der Waals surface area (Å²) in [5.41, 5.74) is 0.842. The monoisotopic (exact) mass is 369 g/mol. The normalized spacial score (nSPS) is 10.6. The number of carbonyl (C=O) groups excluding carboxylic acids is 1. The van der Waals surface area contributed by atoms with Crippen LogP contribution in [0.2, 0.25) is 0 Å². The van der Waals surface area contributed by atoms with Gasteiger partial charge in [-0.25, -0.2) is 0 Å². The first kappa shape index (κ1) is 18.6. The van der Waals surface area contributed by atoms with E-state index in [4.69, 9.17) is 4.74 Å². The van der Waals surface area contributed by atoms with Crippen LogP contribution in [-0.4, -0.2) is 28.2 Å². The summed E-state index contributed by atoms with van der Waals surface area (Å²) in [7, 11) is 0. The van der Waals surface area contributed by atoms with E-state index >= 15 is 0 Å². The van der Waals surface area contributed by atoms with Crippen molar-refractivity contribution in [1.82, 2.24) is 4.98 Å². The van der Waals surface area contributed by atoms with E-state index in [0.29, 0.717) is 28.0 Å². The maximum atomic E-state index is 12.2. The lowest BCUT2D eigenvalue weighted by atomic mass is 10.3. The largest absolute Gasteiger partial charge is 0.476 e. The molecule has 2 aromatic rings. The molecule has 1 aromatic carbocycles. The first-order valence-corrected chi connectivity index (χ1v) is 7.82. The Hall–Kier alpha value is -2.75. The summed E-state index contributed by atoms with van der Waals surface area (Å²) in [6.07, 6.45) is 0. The molecule has 1 amide bonds. The van der Waals surface area contributed by atoms with Crippen molar-refractivity contribution in [3.05, 3.63) is 52.2 Å². The molecule has 0 saturated carbocycles. The number of halogens is 2. The van der Waals surface area contributed by atoms with Crippen molar-refractivity contribution >= 4 is 29.2 Å². The number of benzene rings is 1. The van der Waals surface area contributed by atoms with Crippen molar-refractivity contribution in [2.75, 3.05) is 11.9 Å². The number of hydrogen-bond acceptors (Lipinski definition) is 6. The number of thioether (sulfide) groups is 1. The Balaban J connectivity index is 1.94. The lowest BCUT2D eigenvalue weighted by Gasteiger charge is -2.08. The molecule has 0 aliphatic heterocycles. The second-order valence-electron chi connectivity index (χ2n) is 4.77. The Morgan fingerprint density at radius 2 is 2.00 bits per heavy atom. The molecule has 0 radical (unpaired) electrons. The van der Waals surface area contributed by atoms with Crippen molar-refractivity contribution in [3.8, 4) is 5.75 Å². The molecule has 0 spiro atoms. The number of carbonyl (C=O) groups is 1. The van der Waals surface area contributed by atoms with Crippen LogP contribution in [0, 0.1) is 17.0 Å². The molecule has 0 atom stereocenters. The van der Waals surface area contributed by atoms with Gasteiger partial charge in [0, 0.05) is 17.5 Å². The van der Waals surface area contributed by atoms with Crippen LogP contribution in [-0.2, 0) is 4.79 Å². The molecule has 10 heteroatoms. The number of anilines is 1. The summed E-state index contributed by atoms with van der Waals surface area (Å²) in [4.78, 5) is 26.2. The lowest BCUT2D eigenvalue weighted by molar-refractivity contribution is -0.390. The smallest absolute Gasteiger partial charge is 0.406 e. The molecular weight excluding hydrogens is 356 g/mol. The number of amides is 1. The fourth-order valence-corrected chi connectivity index (χ4v) is 2.33. The number of hydrogen-bond donors (Lipinski definition) is 1. The molecule has 0 bridgehead atoms. The van der Waals surface area contributed by atoms with Gasteiger partial charge < -0.3 is 20.2 Å². The predicted molar refractivity (Wildman–Crippen MR) is 88.1 cm³/mol. The van der Waals surface area contributed by atoms with Gasteiger partial charge in [0.1, 0.15) is 5.69 Å². The number of aryl methyl sites for hydroxylation is 1. The van der Waals surface area contributed by atoms with Gasteiger partial charge in [0.2, 0.25) is 5.75 Å². The van der Waals surface area contributed by atoms with Crippen molar-refractivity contribution in [1.29, 1.82) is 0 Å². The van der Waals surface area contributed by atoms with Crippen LogP contribution in [0.5, 0.6) is 5.75 Å². The fourth-order valence-electron chi connectivity index (χ4n) is 1.83. The highest BCUT2D eigenvalue weighted by atomic mass is 32.2. The van der Waals surface area contributed by atoms with Crippen LogP contribution < -0.4 is 10.1 Å². The van der Waals surface area contributed by atoms with Gasteiger partial charge in [0.15, 0.2) is 6.61 Å². The van der Waals surface area contributed by atoms with E-state index in [1.54, 1.807) is 6.92 Å². The Kier molecular flexibility index (Phi) is 6.23. The minimum atomic E-state index is -2.52. The zero-order valence-electron chi connectivity index (χ0n) is 12.9. The van der Waals surface area contributed by atoms with Crippen LogP contribution in [0.1, 0.15) is 5.69 Å². The lowest BCUT2D eigenvalue weighted by Crippen LogP contribution is -2.20. The second kappa shape index (κ2) is 8.38. The van der Waals surface area contributed by atoms with Gasteiger partial charge in [-0.3, -0.25) is 4.79 Å². The molecule has 2 rings (SSSR count). The molecule has 0 saturated heterocycles. The molecule has 132 valence electrons. The quantitative estimate of drug-likeness (QED) is 0.455. The Morgan fingerprint density at radius 3 is 2.60 bits per heavy atom. The van der Waals surface area contributed by atoms with Crippen LogP contribution in [0.15, 0.2) is 41.3 Å². The number of nitro groups is 1. The first-order chi connectivity index (χ1) is 11.8. The van der Waals surface area contributed by atoms with Crippen LogP contribution in [0.3, 0.4) is 0 Å². The maximum Gasteiger partial charge on any atom is 0.406 e.